The molecule has 0 radical (unpaired) electrons. The maximum Gasteiger partial charge on any atom is 0.344 e. The first-order chi connectivity index (χ1) is 15.5. The van der Waals surface area contributed by atoms with E-state index in [-0.39, 0.29) is 22.6 Å². The molecule has 1 unspecified atom stereocenters. The third-order valence-corrected chi connectivity index (χ3v) is 6.89. The first-order valence-corrected chi connectivity index (χ1v) is 11.9. The summed E-state index contributed by atoms with van der Waals surface area (Å²) < 4.78 is 33.8. The molecule has 33 heavy (non-hydrogen) atoms. The van der Waals surface area contributed by atoms with Crippen molar-refractivity contribution < 1.29 is 23.1 Å². The van der Waals surface area contributed by atoms with Gasteiger partial charge in [-0.05, 0) is 47.7 Å². The molecule has 0 fully saturated rings. The highest BCUT2D eigenvalue weighted by molar-refractivity contribution is 7.92. The minimum Gasteiger partial charge on any atom is -0.479 e. The van der Waals surface area contributed by atoms with Crippen LogP contribution in [-0.4, -0.2) is 30.6 Å². The number of sulfonamides is 1. The molecule has 3 rings (SSSR count). The van der Waals surface area contributed by atoms with Gasteiger partial charge in [0.2, 0.25) is 0 Å². The molecule has 174 valence electrons. The number of carboxylic acid groups (broad SMARTS) is 1. The second-order valence-electron chi connectivity index (χ2n) is 8.74. The number of anilines is 1. The average Bonchev–Trinajstić information content (AvgIpc) is 2.77. The van der Waals surface area contributed by atoms with Crippen LogP contribution in [0, 0.1) is 0 Å². The predicted octanol–water partition coefficient (Wildman–Crippen LogP) is 4.63. The summed E-state index contributed by atoms with van der Waals surface area (Å²) in [7, 11) is -3.95. The highest BCUT2D eigenvalue weighted by Gasteiger charge is 2.26. The molecule has 0 saturated heterocycles. The summed E-state index contributed by atoms with van der Waals surface area (Å²) >= 11 is 0. The third kappa shape index (κ3) is 5.90. The molecule has 0 amide bonds. The van der Waals surface area contributed by atoms with Gasteiger partial charge in [0.05, 0.1) is 12.2 Å². The standard InChI is InChI=1S/C25H28N2O5S/c1-18(24(28)29)32-22-8-5-7-21(15-22)27(33(30,31)23-9-6-14-26-16-23)17-19-10-12-20(13-11-19)25(2,3)4/h5-16,18H,17H2,1-4H3,(H,28,29). The molecule has 1 heterocycles. The number of hydrogen-bond donors (Lipinski definition) is 1. The van der Waals surface area contributed by atoms with Gasteiger partial charge < -0.3 is 9.84 Å². The highest BCUT2D eigenvalue weighted by atomic mass is 32.2. The fourth-order valence-electron chi connectivity index (χ4n) is 3.18. The van der Waals surface area contributed by atoms with Crippen LogP contribution < -0.4 is 9.04 Å². The van der Waals surface area contributed by atoms with Crippen LogP contribution in [0.2, 0.25) is 0 Å². The Kier molecular flexibility index (Phi) is 7.07. The Labute approximate surface area is 194 Å². The number of nitrogens with zero attached hydrogens (tertiary/aromatic N) is 2. The normalized spacial score (nSPS) is 12.7. The Hall–Kier alpha value is -3.39. The number of pyridine rings is 1. The van der Waals surface area contributed by atoms with Gasteiger partial charge in [0.1, 0.15) is 10.6 Å². The van der Waals surface area contributed by atoms with Gasteiger partial charge in [-0.1, -0.05) is 51.1 Å². The van der Waals surface area contributed by atoms with E-state index in [4.69, 9.17) is 9.84 Å². The highest BCUT2D eigenvalue weighted by Crippen LogP contribution is 2.30. The molecule has 1 aromatic heterocycles. The third-order valence-electron chi connectivity index (χ3n) is 5.13. The van der Waals surface area contributed by atoms with Crippen molar-refractivity contribution in [1.29, 1.82) is 0 Å². The molecule has 0 aliphatic carbocycles. The summed E-state index contributed by atoms with van der Waals surface area (Å²) in [6, 6.07) is 17.3. The Morgan fingerprint density at radius 2 is 1.79 bits per heavy atom. The maximum absolute atomic E-state index is 13.6. The van der Waals surface area contributed by atoms with Crippen molar-refractivity contribution in [3.05, 3.63) is 84.2 Å². The molecule has 8 heteroatoms. The van der Waals surface area contributed by atoms with Gasteiger partial charge in [0, 0.05) is 18.5 Å². The van der Waals surface area contributed by atoms with E-state index in [1.165, 1.54) is 35.8 Å². The predicted molar refractivity (Wildman–Crippen MR) is 127 cm³/mol. The fraction of sp³-hybridized carbons (Fsp3) is 0.280. The molecule has 1 atom stereocenters. The van der Waals surface area contributed by atoms with Gasteiger partial charge in [-0.25, -0.2) is 13.2 Å². The van der Waals surface area contributed by atoms with Gasteiger partial charge in [0.25, 0.3) is 10.0 Å². The summed E-state index contributed by atoms with van der Waals surface area (Å²) in [4.78, 5) is 15.2. The lowest BCUT2D eigenvalue weighted by Gasteiger charge is -2.26. The van der Waals surface area contributed by atoms with E-state index in [1.54, 1.807) is 24.3 Å². The minimum absolute atomic E-state index is 0.0213. The van der Waals surface area contributed by atoms with Gasteiger partial charge in [0.15, 0.2) is 6.10 Å². The molecule has 0 bridgehead atoms. The monoisotopic (exact) mass is 468 g/mol. The van der Waals surface area contributed by atoms with Crippen LogP contribution in [-0.2, 0) is 26.8 Å². The molecule has 0 saturated carbocycles. The number of hydrogen-bond acceptors (Lipinski definition) is 5. The summed E-state index contributed by atoms with van der Waals surface area (Å²) in [6.07, 6.45) is 1.74. The summed E-state index contributed by atoms with van der Waals surface area (Å²) in [5, 5.41) is 9.14. The van der Waals surface area contributed by atoms with E-state index >= 15 is 0 Å². The van der Waals surface area contributed by atoms with E-state index in [0.29, 0.717) is 5.69 Å². The molecule has 3 aromatic rings. The maximum atomic E-state index is 13.6. The lowest BCUT2D eigenvalue weighted by molar-refractivity contribution is -0.144. The summed E-state index contributed by atoms with van der Waals surface area (Å²) in [6.45, 7) is 7.84. The summed E-state index contributed by atoms with van der Waals surface area (Å²) in [5.41, 5.74) is 2.28. The van der Waals surface area contributed by atoms with Crippen molar-refractivity contribution in [3.63, 3.8) is 0 Å². The van der Waals surface area contributed by atoms with Crippen LogP contribution in [0.5, 0.6) is 5.75 Å². The second kappa shape index (κ2) is 9.62. The average molecular weight is 469 g/mol. The quantitative estimate of drug-likeness (QED) is 0.518. The van der Waals surface area contributed by atoms with Crippen LogP contribution in [0.15, 0.2) is 78.0 Å². The topological polar surface area (TPSA) is 96.8 Å². The van der Waals surface area contributed by atoms with Crippen molar-refractivity contribution in [3.8, 4) is 5.75 Å². The lowest BCUT2D eigenvalue weighted by Crippen LogP contribution is -2.31. The van der Waals surface area contributed by atoms with Crippen LogP contribution in [0.1, 0.15) is 38.8 Å². The number of rotatable bonds is 8. The molecule has 0 aliphatic heterocycles. The van der Waals surface area contributed by atoms with E-state index in [2.05, 4.69) is 25.8 Å². The number of carboxylic acids is 1. The van der Waals surface area contributed by atoms with E-state index in [0.717, 1.165) is 11.1 Å². The van der Waals surface area contributed by atoms with Crippen molar-refractivity contribution in [2.75, 3.05) is 4.31 Å². The van der Waals surface area contributed by atoms with Crippen molar-refractivity contribution in [2.45, 2.75) is 50.7 Å². The van der Waals surface area contributed by atoms with Gasteiger partial charge in [-0.15, -0.1) is 0 Å². The second-order valence-corrected chi connectivity index (χ2v) is 10.6. The van der Waals surface area contributed by atoms with E-state index in [9.17, 15) is 13.2 Å². The lowest BCUT2D eigenvalue weighted by atomic mass is 9.87. The molecule has 0 aliphatic rings. The number of benzene rings is 2. The Bertz CT molecular complexity index is 1200. The fourth-order valence-corrected chi connectivity index (χ4v) is 4.59. The molecule has 7 nitrogen and oxygen atoms in total. The van der Waals surface area contributed by atoms with Crippen molar-refractivity contribution in [2.24, 2.45) is 0 Å². The van der Waals surface area contributed by atoms with Gasteiger partial charge >= 0.3 is 5.97 Å². The van der Waals surface area contributed by atoms with E-state index < -0.39 is 22.1 Å². The van der Waals surface area contributed by atoms with Crippen LogP contribution in [0.4, 0.5) is 5.69 Å². The number of carbonyl (C=O) groups is 1. The Balaban J connectivity index is 2.02. The van der Waals surface area contributed by atoms with Crippen LogP contribution in [0.3, 0.4) is 0 Å². The van der Waals surface area contributed by atoms with Crippen molar-refractivity contribution >= 4 is 21.7 Å². The number of aliphatic carboxylic acids is 1. The molecule has 0 spiro atoms. The SMILES string of the molecule is CC(Oc1cccc(N(Cc2ccc(C(C)(C)C)cc2)S(=O)(=O)c2cccnc2)c1)C(=O)O. The zero-order chi connectivity index (χ0) is 24.2. The summed E-state index contributed by atoms with van der Waals surface area (Å²) in [5.74, 6) is -0.851. The molecular weight excluding hydrogens is 440 g/mol. The molecular formula is C25H28N2O5S. The van der Waals surface area contributed by atoms with E-state index in [1.807, 2.05) is 24.3 Å². The number of ether oxygens (including phenoxy) is 1. The molecule has 2 aromatic carbocycles. The molecule has 1 N–H and O–H groups in total. The number of aromatic nitrogens is 1. The largest absolute Gasteiger partial charge is 0.479 e. The van der Waals surface area contributed by atoms with Crippen LogP contribution >= 0.6 is 0 Å². The Morgan fingerprint density at radius 3 is 2.36 bits per heavy atom. The van der Waals surface area contributed by atoms with Crippen LogP contribution in [0.25, 0.3) is 0 Å². The zero-order valence-corrected chi connectivity index (χ0v) is 19.9. The van der Waals surface area contributed by atoms with Gasteiger partial charge in [-0.2, -0.15) is 0 Å². The Morgan fingerprint density at radius 1 is 1.09 bits per heavy atom. The first-order valence-electron chi connectivity index (χ1n) is 10.5. The van der Waals surface area contributed by atoms with Crippen molar-refractivity contribution in [1.82, 2.24) is 4.98 Å². The zero-order valence-electron chi connectivity index (χ0n) is 19.1. The van der Waals surface area contributed by atoms with Gasteiger partial charge in [-0.3, -0.25) is 9.29 Å². The first kappa shape index (κ1) is 24.3. The minimum atomic E-state index is -3.95. The smallest absolute Gasteiger partial charge is 0.344 e.